The molecule has 25 heavy (non-hydrogen) atoms. The summed E-state index contributed by atoms with van der Waals surface area (Å²) in [6.45, 7) is 1.83. The highest BCUT2D eigenvalue weighted by molar-refractivity contribution is 5.81. The van der Waals surface area contributed by atoms with E-state index in [0.29, 0.717) is 5.56 Å². The molecule has 2 aliphatic rings. The Balaban J connectivity index is 0.00000225. The van der Waals surface area contributed by atoms with Gasteiger partial charge in [0.15, 0.2) is 11.7 Å². The van der Waals surface area contributed by atoms with E-state index in [1.165, 1.54) is 6.42 Å². The summed E-state index contributed by atoms with van der Waals surface area (Å²) in [7, 11) is 4.30. The number of hydrogen-bond acceptors (Lipinski definition) is 3. The zero-order chi connectivity index (χ0) is 17.2. The number of likely N-dealkylation sites (tertiary alicyclic amines) is 1. The van der Waals surface area contributed by atoms with Crippen molar-refractivity contribution in [2.45, 2.75) is 50.2 Å². The molecular weight excluding hydrogens is 382 g/mol. The minimum atomic E-state index is -1.51. The molecule has 1 unspecified atom stereocenters. The largest absolute Gasteiger partial charge is 1.00 e. The number of quaternary nitrogens is 1. The molecule has 1 saturated carbocycles. The Bertz CT molecular complexity index is 572. The molecule has 0 amide bonds. The van der Waals surface area contributed by atoms with Crippen molar-refractivity contribution < 1.29 is 36.1 Å². The first-order chi connectivity index (χ1) is 11.4. The summed E-state index contributed by atoms with van der Waals surface area (Å²) in [6.07, 6.45) is 5.87. The molecule has 0 bridgehead atoms. The maximum absolute atomic E-state index is 13.1. The highest BCUT2D eigenvalue weighted by Gasteiger charge is 2.48. The molecule has 1 aliphatic carbocycles. The number of halogens is 1. The van der Waals surface area contributed by atoms with Crippen LogP contribution in [-0.2, 0) is 15.1 Å². The average Bonchev–Trinajstić information content (AvgIpc) is 2.94. The molecule has 140 valence electrons. The van der Waals surface area contributed by atoms with Crippen molar-refractivity contribution in [2.24, 2.45) is 5.92 Å². The number of carbonyl (C=O) groups is 1. The smallest absolute Gasteiger partial charge is 0.343 e. The third kappa shape index (κ3) is 4.44. The molecule has 1 N–H and O–H groups in total. The lowest BCUT2D eigenvalue weighted by atomic mass is 9.73. The van der Waals surface area contributed by atoms with Crippen LogP contribution in [0.4, 0.5) is 0 Å². The lowest BCUT2D eigenvalue weighted by molar-refractivity contribution is -0.879. The maximum Gasteiger partial charge on any atom is 0.343 e. The monoisotopic (exact) mass is 411 g/mol. The van der Waals surface area contributed by atoms with E-state index in [4.69, 9.17) is 4.74 Å². The van der Waals surface area contributed by atoms with E-state index in [2.05, 4.69) is 14.1 Å². The third-order valence-corrected chi connectivity index (χ3v) is 5.75. The van der Waals surface area contributed by atoms with E-state index in [9.17, 15) is 9.90 Å². The Hall–Kier alpha value is -0.910. The normalized spacial score (nSPS) is 25.6. The van der Waals surface area contributed by atoms with Crippen LogP contribution in [0.15, 0.2) is 30.3 Å². The average molecular weight is 412 g/mol. The summed E-state index contributed by atoms with van der Waals surface area (Å²) in [6, 6.07) is 9.38. The molecule has 2 fully saturated rings. The second-order valence-corrected chi connectivity index (χ2v) is 8.13. The maximum atomic E-state index is 13.1. The zero-order valence-corrected chi connectivity index (χ0v) is 16.9. The topological polar surface area (TPSA) is 46.5 Å². The Kier molecular flexibility index (Phi) is 6.68. The van der Waals surface area contributed by atoms with Gasteiger partial charge >= 0.3 is 5.97 Å². The molecule has 4 nitrogen and oxygen atoms in total. The van der Waals surface area contributed by atoms with Gasteiger partial charge in [-0.25, -0.2) is 4.79 Å². The van der Waals surface area contributed by atoms with E-state index in [0.717, 1.165) is 49.7 Å². The molecule has 1 saturated heterocycles. The Morgan fingerprint density at radius 2 is 1.76 bits per heavy atom. The molecule has 1 aromatic carbocycles. The van der Waals surface area contributed by atoms with Gasteiger partial charge in [0.05, 0.1) is 20.6 Å². The summed E-state index contributed by atoms with van der Waals surface area (Å²) >= 11 is 0. The highest BCUT2D eigenvalue weighted by atomic mass is 79.9. The van der Waals surface area contributed by atoms with Crippen LogP contribution >= 0.6 is 0 Å². The van der Waals surface area contributed by atoms with Crippen molar-refractivity contribution in [1.29, 1.82) is 0 Å². The summed E-state index contributed by atoms with van der Waals surface area (Å²) in [4.78, 5) is 13.1. The van der Waals surface area contributed by atoms with Gasteiger partial charge in [-0.2, -0.15) is 0 Å². The molecular formula is C20H30BrNO3. The molecule has 2 atom stereocenters. The van der Waals surface area contributed by atoms with E-state index < -0.39 is 11.6 Å². The van der Waals surface area contributed by atoms with E-state index >= 15 is 0 Å². The number of aliphatic hydroxyl groups is 1. The van der Waals surface area contributed by atoms with Crippen LogP contribution < -0.4 is 17.0 Å². The van der Waals surface area contributed by atoms with Gasteiger partial charge in [-0.05, 0) is 18.4 Å². The minimum Gasteiger partial charge on any atom is -1.00 e. The lowest BCUT2D eigenvalue weighted by Gasteiger charge is -2.37. The summed E-state index contributed by atoms with van der Waals surface area (Å²) in [5.41, 5.74) is -0.838. The SMILES string of the molecule is C[N+]1(C)CC[C@H](OC(=O)C(O)(c2ccccc2)C2CCCCC2)C1.[Br-]. The molecule has 1 aromatic rings. The molecule has 0 aromatic heterocycles. The molecule has 0 radical (unpaired) electrons. The third-order valence-electron chi connectivity index (χ3n) is 5.75. The highest BCUT2D eigenvalue weighted by Crippen LogP contribution is 2.40. The predicted octanol–water partition coefficient (Wildman–Crippen LogP) is -0.150. The standard InChI is InChI=1S/C20H30NO3.BrH/c1-21(2)14-13-18(15-21)24-19(22)20(23,16-9-5-3-6-10-16)17-11-7-4-8-12-17;/h3,5-6,9-10,17-18,23H,4,7-8,11-15H2,1-2H3;1H/q+1;/p-1/t18-,20?;/m0./s1. The Morgan fingerprint density at radius 1 is 1.12 bits per heavy atom. The van der Waals surface area contributed by atoms with Gasteiger partial charge in [0.1, 0.15) is 6.54 Å². The van der Waals surface area contributed by atoms with Crippen molar-refractivity contribution in [3.63, 3.8) is 0 Å². The fraction of sp³-hybridized carbons (Fsp3) is 0.650. The van der Waals surface area contributed by atoms with Crippen molar-refractivity contribution >= 4 is 5.97 Å². The molecule has 5 heteroatoms. The van der Waals surface area contributed by atoms with E-state index in [1.54, 1.807) is 0 Å². The molecule has 1 heterocycles. The quantitative estimate of drug-likeness (QED) is 0.553. The van der Waals surface area contributed by atoms with Crippen molar-refractivity contribution in [1.82, 2.24) is 0 Å². The van der Waals surface area contributed by atoms with Crippen molar-refractivity contribution in [3.05, 3.63) is 35.9 Å². The van der Waals surface area contributed by atoms with Gasteiger partial charge in [0.25, 0.3) is 0 Å². The second kappa shape index (κ2) is 8.19. The van der Waals surface area contributed by atoms with Gasteiger partial charge in [0.2, 0.25) is 0 Å². The van der Waals surface area contributed by atoms with E-state index in [-0.39, 0.29) is 29.0 Å². The van der Waals surface area contributed by atoms with Crippen LogP contribution in [0.25, 0.3) is 0 Å². The number of rotatable bonds is 4. The van der Waals surface area contributed by atoms with Crippen LogP contribution in [0.3, 0.4) is 0 Å². The molecule has 0 spiro atoms. The first-order valence-electron chi connectivity index (χ1n) is 9.23. The zero-order valence-electron chi connectivity index (χ0n) is 15.3. The number of benzene rings is 1. The first-order valence-corrected chi connectivity index (χ1v) is 9.23. The van der Waals surface area contributed by atoms with Gasteiger partial charge in [-0.1, -0.05) is 49.6 Å². The Morgan fingerprint density at radius 3 is 2.32 bits per heavy atom. The minimum absolute atomic E-state index is 0. The van der Waals surface area contributed by atoms with Crippen LogP contribution in [0.1, 0.15) is 44.1 Å². The number of nitrogens with zero attached hydrogens (tertiary/aromatic N) is 1. The van der Waals surface area contributed by atoms with Gasteiger partial charge < -0.3 is 31.3 Å². The van der Waals surface area contributed by atoms with Crippen LogP contribution in [0.2, 0.25) is 0 Å². The first kappa shape index (κ1) is 20.4. The number of esters is 1. The second-order valence-electron chi connectivity index (χ2n) is 8.13. The number of likely N-dealkylation sites (N-methyl/N-ethyl adjacent to an activating group) is 1. The van der Waals surface area contributed by atoms with E-state index in [1.807, 2.05) is 30.3 Å². The Labute approximate surface area is 161 Å². The predicted molar refractivity (Wildman–Crippen MR) is 93.3 cm³/mol. The van der Waals surface area contributed by atoms with Crippen LogP contribution in [-0.4, -0.2) is 48.8 Å². The fourth-order valence-corrected chi connectivity index (χ4v) is 4.30. The summed E-state index contributed by atoms with van der Waals surface area (Å²) < 4.78 is 6.68. The summed E-state index contributed by atoms with van der Waals surface area (Å²) in [5, 5.41) is 11.5. The van der Waals surface area contributed by atoms with Crippen molar-refractivity contribution in [3.8, 4) is 0 Å². The van der Waals surface area contributed by atoms with Crippen LogP contribution in [0, 0.1) is 5.92 Å². The molecule has 1 aliphatic heterocycles. The number of hydrogen-bond donors (Lipinski definition) is 1. The lowest BCUT2D eigenvalue weighted by Crippen LogP contribution is -3.00. The van der Waals surface area contributed by atoms with Crippen LogP contribution in [0.5, 0.6) is 0 Å². The van der Waals surface area contributed by atoms with Gasteiger partial charge in [-0.3, -0.25) is 0 Å². The summed E-state index contributed by atoms with van der Waals surface area (Å²) in [5.74, 6) is -0.502. The molecule has 3 rings (SSSR count). The number of carbonyl (C=O) groups excluding carboxylic acids is 1. The van der Waals surface area contributed by atoms with Crippen molar-refractivity contribution in [2.75, 3.05) is 27.2 Å². The number of ether oxygens (including phenoxy) is 1. The van der Waals surface area contributed by atoms with Gasteiger partial charge in [0, 0.05) is 12.3 Å². The fourth-order valence-electron chi connectivity index (χ4n) is 4.30. The van der Waals surface area contributed by atoms with Gasteiger partial charge in [-0.15, -0.1) is 0 Å².